The SMILES string of the molecule is CC(C)(C)[Si](C)(C)O[C@H]1CC[C@@]23CC(=O)C1[C@@H]2CC1(C3)OCCO1. The van der Waals surface area contributed by atoms with E-state index in [1.165, 1.54) is 0 Å². The molecule has 0 aromatic heterocycles. The van der Waals surface area contributed by atoms with E-state index in [1.807, 2.05) is 0 Å². The van der Waals surface area contributed by atoms with Gasteiger partial charge >= 0.3 is 0 Å². The Bertz CT molecular complexity index is 546. The van der Waals surface area contributed by atoms with Crippen molar-refractivity contribution in [2.24, 2.45) is 17.3 Å². The summed E-state index contributed by atoms with van der Waals surface area (Å²) in [6.45, 7) is 12.8. The molecule has 2 bridgehead atoms. The molecule has 4 aliphatic rings. The minimum absolute atomic E-state index is 0.0695. The van der Waals surface area contributed by atoms with Crippen LogP contribution in [0.4, 0.5) is 0 Å². The van der Waals surface area contributed by atoms with Gasteiger partial charge in [-0.3, -0.25) is 4.79 Å². The van der Waals surface area contributed by atoms with Crippen LogP contribution in [-0.4, -0.2) is 39.2 Å². The van der Waals surface area contributed by atoms with Gasteiger partial charge in [0.25, 0.3) is 0 Å². The van der Waals surface area contributed by atoms with Gasteiger partial charge in [0.2, 0.25) is 0 Å². The second-order valence-electron chi connectivity index (χ2n) is 10.1. The number of hydrogen-bond acceptors (Lipinski definition) is 4. The maximum Gasteiger partial charge on any atom is 0.192 e. The van der Waals surface area contributed by atoms with Crippen LogP contribution in [0.15, 0.2) is 0 Å². The molecule has 1 spiro atoms. The fourth-order valence-corrected chi connectivity index (χ4v) is 6.90. The van der Waals surface area contributed by atoms with Gasteiger partial charge in [-0.15, -0.1) is 0 Å². The highest BCUT2D eigenvalue weighted by molar-refractivity contribution is 6.74. The van der Waals surface area contributed by atoms with Crippen molar-refractivity contribution >= 4 is 14.1 Å². The Kier molecular flexibility index (Phi) is 3.69. The highest BCUT2D eigenvalue weighted by Crippen LogP contribution is 2.66. The van der Waals surface area contributed by atoms with Gasteiger partial charge in [-0.2, -0.15) is 0 Å². The summed E-state index contributed by atoms with van der Waals surface area (Å²) in [7, 11) is -1.86. The highest BCUT2D eigenvalue weighted by atomic mass is 28.4. The first-order chi connectivity index (χ1) is 11.1. The highest BCUT2D eigenvalue weighted by Gasteiger charge is 2.68. The van der Waals surface area contributed by atoms with E-state index in [9.17, 15) is 4.79 Å². The van der Waals surface area contributed by atoms with Gasteiger partial charge in [0.05, 0.1) is 19.3 Å². The van der Waals surface area contributed by atoms with Crippen molar-refractivity contribution in [3.63, 3.8) is 0 Å². The predicted octanol–water partition coefficient (Wildman–Crippen LogP) is 3.90. The molecule has 0 amide bonds. The molecule has 1 aliphatic heterocycles. The molecule has 136 valence electrons. The Labute approximate surface area is 146 Å². The second kappa shape index (κ2) is 5.15. The van der Waals surface area contributed by atoms with Gasteiger partial charge in [0.15, 0.2) is 14.1 Å². The van der Waals surface area contributed by atoms with E-state index in [4.69, 9.17) is 13.9 Å². The molecule has 24 heavy (non-hydrogen) atoms. The molecule has 0 aromatic carbocycles. The third-order valence-corrected chi connectivity index (χ3v) is 12.2. The van der Waals surface area contributed by atoms with Crippen LogP contribution in [0.1, 0.15) is 52.9 Å². The summed E-state index contributed by atoms with van der Waals surface area (Å²) in [6, 6.07) is 0. The van der Waals surface area contributed by atoms with E-state index >= 15 is 0 Å². The fraction of sp³-hybridized carbons (Fsp3) is 0.947. The predicted molar refractivity (Wildman–Crippen MR) is 94.2 cm³/mol. The lowest BCUT2D eigenvalue weighted by Gasteiger charge is -2.45. The second-order valence-corrected chi connectivity index (χ2v) is 14.8. The molecule has 1 saturated heterocycles. The average Bonchev–Trinajstić information content (AvgIpc) is 3.05. The molecule has 1 heterocycles. The van der Waals surface area contributed by atoms with Gasteiger partial charge in [0, 0.05) is 25.2 Å². The van der Waals surface area contributed by atoms with Gasteiger partial charge < -0.3 is 13.9 Å². The number of Topliss-reactive ketones (excluding diaryl/α,β-unsaturated/α-hetero) is 1. The molecule has 4 fully saturated rings. The van der Waals surface area contributed by atoms with Crippen molar-refractivity contribution in [1.29, 1.82) is 0 Å². The van der Waals surface area contributed by atoms with Crippen LogP contribution < -0.4 is 0 Å². The standard InChI is InChI=1S/C19H32O4Si/c1-17(2,3)24(4,5)23-15-6-7-18-11-14(20)16(15)13(18)10-19(12-18)21-8-9-22-19/h13,15-16H,6-12H2,1-5H3/t13-,15-,16?,18-/m0/s1. The number of carbonyl (C=O) groups excluding carboxylic acids is 1. The number of carbonyl (C=O) groups is 1. The fourth-order valence-electron chi connectivity index (χ4n) is 5.52. The Balaban J connectivity index is 1.58. The lowest BCUT2D eigenvalue weighted by atomic mass is 9.68. The number of ketones is 1. The molecule has 4 nitrogen and oxygen atoms in total. The van der Waals surface area contributed by atoms with Crippen LogP contribution >= 0.6 is 0 Å². The van der Waals surface area contributed by atoms with Crippen LogP contribution in [0.2, 0.25) is 18.1 Å². The van der Waals surface area contributed by atoms with Crippen molar-refractivity contribution in [2.75, 3.05) is 13.2 Å². The van der Waals surface area contributed by atoms with Gasteiger partial charge in [0.1, 0.15) is 5.78 Å². The van der Waals surface area contributed by atoms with Crippen molar-refractivity contribution in [3.05, 3.63) is 0 Å². The first-order valence-electron chi connectivity index (χ1n) is 9.56. The zero-order valence-corrected chi connectivity index (χ0v) is 16.8. The van der Waals surface area contributed by atoms with Crippen LogP contribution in [-0.2, 0) is 18.7 Å². The van der Waals surface area contributed by atoms with E-state index < -0.39 is 14.1 Å². The molecule has 3 saturated carbocycles. The maximum absolute atomic E-state index is 12.9. The molecular formula is C19H32O4Si. The van der Waals surface area contributed by atoms with E-state index in [0.29, 0.717) is 31.3 Å². The first-order valence-corrected chi connectivity index (χ1v) is 12.5. The molecular weight excluding hydrogens is 320 g/mol. The Morgan fingerprint density at radius 2 is 1.88 bits per heavy atom. The summed E-state index contributed by atoms with van der Waals surface area (Å²) in [5, 5.41) is 0.178. The zero-order chi connectivity index (χ0) is 17.4. The van der Waals surface area contributed by atoms with Crippen molar-refractivity contribution in [2.45, 2.75) is 82.9 Å². The molecule has 1 unspecified atom stereocenters. The molecule has 3 aliphatic carbocycles. The topological polar surface area (TPSA) is 44.8 Å². The van der Waals surface area contributed by atoms with Crippen LogP contribution in [0.5, 0.6) is 0 Å². The van der Waals surface area contributed by atoms with Gasteiger partial charge in [-0.1, -0.05) is 20.8 Å². The van der Waals surface area contributed by atoms with Crippen LogP contribution in [0, 0.1) is 17.3 Å². The Morgan fingerprint density at radius 1 is 1.21 bits per heavy atom. The lowest BCUT2D eigenvalue weighted by molar-refractivity contribution is -0.160. The summed E-state index contributed by atoms with van der Waals surface area (Å²) < 4.78 is 18.7. The molecule has 5 heteroatoms. The van der Waals surface area contributed by atoms with Crippen molar-refractivity contribution in [3.8, 4) is 0 Å². The normalized spacial score (nSPS) is 41.2. The Morgan fingerprint density at radius 3 is 2.50 bits per heavy atom. The summed E-state index contributed by atoms with van der Waals surface area (Å²) >= 11 is 0. The third-order valence-electron chi connectivity index (χ3n) is 7.66. The summed E-state index contributed by atoms with van der Waals surface area (Å²) in [5.41, 5.74) is 0.124. The number of rotatable bonds is 2. The van der Waals surface area contributed by atoms with E-state index in [1.54, 1.807) is 0 Å². The summed E-state index contributed by atoms with van der Waals surface area (Å²) in [5.74, 6) is 0.510. The molecule has 0 aromatic rings. The minimum Gasteiger partial charge on any atom is -0.413 e. The molecule has 0 radical (unpaired) electrons. The van der Waals surface area contributed by atoms with Gasteiger partial charge in [-0.25, -0.2) is 0 Å². The smallest absolute Gasteiger partial charge is 0.192 e. The van der Waals surface area contributed by atoms with E-state index in [0.717, 1.165) is 25.7 Å². The molecule has 4 rings (SSSR count). The molecule has 0 N–H and O–H groups in total. The summed E-state index contributed by atoms with van der Waals surface area (Å²) in [6.07, 6.45) is 4.74. The first kappa shape index (κ1) is 17.2. The third kappa shape index (κ3) is 2.38. The summed E-state index contributed by atoms with van der Waals surface area (Å²) in [4.78, 5) is 12.9. The Hall–Kier alpha value is -0.233. The number of ether oxygens (including phenoxy) is 2. The molecule has 4 atom stereocenters. The zero-order valence-electron chi connectivity index (χ0n) is 15.8. The van der Waals surface area contributed by atoms with E-state index in [-0.39, 0.29) is 22.5 Å². The van der Waals surface area contributed by atoms with Crippen molar-refractivity contribution < 1.29 is 18.7 Å². The lowest BCUT2D eigenvalue weighted by Crippen LogP contribution is -2.49. The maximum atomic E-state index is 12.9. The number of hydrogen-bond donors (Lipinski definition) is 0. The monoisotopic (exact) mass is 352 g/mol. The van der Waals surface area contributed by atoms with Crippen molar-refractivity contribution in [1.82, 2.24) is 0 Å². The minimum atomic E-state index is -1.86. The van der Waals surface area contributed by atoms with Crippen LogP contribution in [0.25, 0.3) is 0 Å². The average molecular weight is 353 g/mol. The van der Waals surface area contributed by atoms with E-state index in [2.05, 4.69) is 33.9 Å². The van der Waals surface area contributed by atoms with Crippen LogP contribution in [0.3, 0.4) is 0 Å². The largest absolute Gasteiger partial charge is 0.413 e. The van der Waals surface area contributed by atoms with Gasteiger partial charge in [-0.05, 0) is 42.3 Å². The quantitative estimate of drug-likeness (QED) is 0.707.